The van der Waals surface area contributed by atoms with E-state index >= 15 is 0 Å². The normalized spacial score (nSPS) is 11.6. The number of nitrogens with zero attached hydrogens (tertiary/aromatic N) is 1. The van der Waals surface area contributed by atoms with Gasteiger partial charge in [-0.25, -0.2) is 9.78 Å². The van der Waals surface area contributed by atoms with E-state index in [0.29, 0.717) is 0 Å². The number of hydrogen-bond donors (Lipinski definition) is 3. The van der Waals surface area contributed by atoms with E-state index in [-0.39, 0.29) is 11.3 Å². The van der Waals surface area contributed by atoms with Crippen LogP contribution in [0.5, 0.6) is 0 Å². The van der Waals surface area contributed by atoms with Crippen molar-refractivity contribution < 1.29 is 19.5 Å². The Morgan fingerprint density at radius 3 is 2.47 bits per heavy atom. The van der Waals surface area contributed by atoms with E-state index in [0.717, 1.165) is 6.20 Å². The molecule has 0 saturated carbocycles. The van der Waals surface area contributed by atoms with Gasteiger partial charge in [-0.2, -0.15) is 0 Å². The number of aromatic carboxylic acids is 1. The van der Waals surface area contributed by atoms with E-state index in [4.69, 9.17) is 10.8 Å². The predicted molar refractivity (Wildman–Crippen MR) is 57.3 cm³/mol. The van der Waals surface area contributed by atoms with E-state index < -0.39 is 23.8 Å². The summed E-state index contributed by atoms with van der Waals surface area (Å²) in [6.45, 7) is 1.44. The van der Waals surface area contributed by atoms with Gasteiger partial charge in [0.25, 0.3) is 5.91 Å². The molecule has 0 bridgehead atoms. The maximum atomic E-state index is 11.5. The van der Waals surface area contributed by atoms with E-state index in [2.05, 4.69) is 10.3 Å². The van der Waals surface area contributed by atoms with Crippen LogP contribution in [-0.4, -0.2) is 33.9 Å². The number of nitrogens with one attached hydrogen (secondary N) is 1. The van der Waals surface area contributed by atoms with Crippen LogP contribution >= 0.6 is 0 Å². The molecule has 1 unspecified atom stereocenters. The molecule has 0 aliphatic rings. The van der Waals surface area contributed by atoms with Crippen LogP contribution in [0.1, 0.15) is 27.8 Å². The number of carbonyl (C=O) groups excluding carboxylic acids is 2. The fraction of sp³-hybridized carbons (Fsp3) is 0.200. The highest BCUT2D eigenvalue weighted by molar-refractivity contribution is 5.97. The number of carbonyl (C=O) groups is 3. The van der Waals surface area contributed by atoms with Gasteiger partial charge < -0.3 is 16.2 Å². The number of primary amides is 1. The number of hydrogen-bond acceptors (Lipinski definition) is 4. The van der Waals surface area contributed by atoms with E-state index in [1.807, 2.05) is 0 Å². The lowest BCUT2D eigenvalue weighted by Crippen LogP contribution is -2.42. The lowest BCUT2D eigenvalue weighted by Gasteiger charge is -2.09. The summed E-state index contributed by atoms with van der Waals surface area (Å²) in [4.78, 5) is 36.4. The Balaban J connectivity index is 2.77. The summed E-state index contributed by atoms with van der Waals surface area (Å²) in [6, 6.07) is 1.70. The third-order valence-corrected chi connectivity index (χ3v) is 2.02. The zero-order valence-corrected chi connectivity index (χ0v) is 9.01. The number of nitrogens with two attached hydrogens (primary N) is 1. The monoisotopic (exact) mass is 237 g/mol. The van der Waals surface area contributed by atoms with Crippen LogP contribution in [0.3, 0.4) is 0 Å². The molecule has 1 heterocycles. The van der Waals surface area contributed by atoms with Crippen LogP contribution in [0.15, 0.2) is 18.3 Å². The number of carboxylic acid groups (broad SMARTS) is 1. The second kappa shape index (κ2) is 5.06. The smallest absolute Gasteiger partial charge is 0.354 e. The van der Waals surface area contributed by atoms with Crippen molar-refractivity contribution in [3.63, 3.8) is 0 Å². The van der Waals surface area contributed by atoms with Crippen LogP contribution in [-0.2, 0) is 4.79 Å². The fourth-order valence-electron chi connectivity index (χ4n) is 1.01. The molecule has 7 heteroatoms. The van der Waals surface area contributed by atoms with Crippen LogP contribution in [0.25, 0.3) is 0 Å². The standard InChI is InChI=1S/C10H11N3O4/c1-5(8(11)14)13-9(15)6-2-3-7(10(16)17)12-4-6/h2-5H,1H3,(H2,11,14)(H,13,15)(H,16,17). The molecule has 0 radical (unpaired) electrons. The molecular weight excluding hydrogens is 226 g/mol. The Morgan fingerprint density at radius 2 is 2.06 bits per heavy atom. The Kier molecular flexibility index (Phi) is 3.76. The van der Waals surface area contributed by atoms with E-state index in [1.54, 1.807) is 0 Å². The molecular formula is C10H11N3O4. The average molecular weight is 237 g/mol. The minimum absolute atomic E-state index is 0.156. The third-order valence-electron chi connectivity index (χ3n) is 2.02. The van der Waals surface area contributed by atoms with Crippen molar-refractivity contribution in [2.24, 2.45) is 5.73 Å². The van der Waals surface area contributed by atoms with Gasteiger partial charge in [-0.1, -0.05) is 0 Å². The molecule has 7 nitrogen and oxygen atoms in total. The van der Waals surface area contributed by atoms with Gasteiger partial charge in [-0.05, 0) is 19.1 Å². The molecule has 4 N–H and O–H groups in total. The van der Waals surface area contributed by atoms with Crippen molar-refractivity contribution in [2.75, 3.05) is 0 Å². The molecule has 1 aromatic rings. The van der Waals surface area contributed by atoms with Gasteiger partial charge in [0.2, 0.25) is 5.91 Å². The van der Waals surface area contributed by atoms with E-state index in [9.17, 15) is 14.4 Å². The quantitative estimate of drug-likeness (QED) is 0.644. The predicted octanol–water partition coefficient (Wildman–Crippen LogP) is -0.617. The van der Waals surface area contributed by atoms with Crippen LogP contribution in [0.4, 0.5) is 0 Å². The van der Waals surface area contributed by atoms with Crippen LogP contribution in [0, 0.1) is 0 Å². The van der Waals surface area contributed by atoms with Crippen LogP contribution < -0.4 is 11.1 Å². The molecule has 90 valence electrons. The highest BCUT2D eigenvalue weighted by Crippen LogP contribution is 2.01. The van der Waals surface area contributed by atoms with Crippen molar-refractivity contribution in [1.82, 2.24) is 10.3 Å². The first-order valence-electron chi connectivity index (χ1n) is 4.71. The minimum atomic E-state index is -1.18. The summed E-state index contributed by atoms with van der Waals surface area (Å²) in [6.07, 6.45) is 1.12. The van der Waals surface area contributed by atoms with Gasteiger partial charge in [-0.3, -0.25) is 9.59 Å². The topological polar surface area (TPSA) is 122 Å². The first kappa shape index (κ1) is 12.6. The zero-order valence-electron chi connectivity index (χ0n) is 9.01. The minimum Gasteiger partial charge on any atom is -0.477 e. The Labute approximate surface area is 96.6 Å². The van der Waals surface area contributed by atoms with Gasteiger partial charge >= 0.3 is 5.97 Å². The van der Waals surface area contributed by atoms with E-state index in [1.165, 1.54) is 19.1 Å². The summed E-state index contributed by atoms with van der Waals surface area (Å²) in [5.74, 6) is -2.38. The third kappa shape index (κ3) is 3.26. The summed E-state index contributed by atoms with van der Waals surface area (Å²) in [5.41, 5.74) is 4.97. The van der Waals surface area contributed by atoms with Crippen molar-refractivity contribution in [3.05, 3.63) is 29.6 Å². The van der Waals surface area contributed by atoms with Crippen LogP contribution in [0.2, 0.25) is 0 Å². The number of amides is 2. The van der Waals surface area contributed by atoms with Gasteiger partial charge in [-0.15, -0.1) is 0 Å². The lowest BCUT2D eigenvalue weighted by atomic mass is 10.2. The maximum Gasteiger partial charge on any atom is 0.354 e. The molecule has 0 fully saturated rings. The average Bonchev–Trinajstić information content (AvgIpc) is 2.28. The Hall–Kier alpha value is -2.44. The molecule has 1 aromatic heterocycles. The Morgan fingerprint density at radius 1 is 1.41 bits per heavy atom. The molecule has 1 atom stereocenters. The number of carboxylic acids is 1. The second-order valence-corrected chi connectivity index (χ2v) is 3.33. The molecule has 0 spiro atoms. The molecule has 0 aliphatic carbocycles. The molecule has 1 rings (SSSR count). The van der Waals surface area contributed by atoms with Crippen molar-refractivity contribution in [1.29, 1.82) is 0 Å². The Bertz CT molecular complexity index is 455. The van der Waals surface area contributed by atoms with Crippen molar-refractivity contribution in [3.8, 4) is 0 Å². The first-order valence-corrected chi connectivity index (χ1v) is 4.71. The molecule has 2 amide bonds. The summed E-state index contributed by atoms with van der Waals surface area (Å²) in [5, 5.41) is 11.0. The van der Waals surface area contributed by atoms with Gasteiger partial charge in [0, 0.05) is 6.20 Å². The lowest BCUT2D eigenvalue weighted by molar-refractivity contribution is -0.119. The van der Waals surface area contributed by atoms with Gasteiger partial charge in [0.1, 0.15) is 11.7 Å². The SMILES string of the molecule is CC(NC(=O)c1ccc(C(=O)O)nc1)C(N)=O. The molecule has 0 aromatic carbocycles. The fourth-order valence-corrected chi connectivity index (χ4v) is 1.01. The highest BCUT2D eigenvalue weighted by atomic mass is 16.4. The maximum absolute atomic E-state index is 11.5. The molecule has 0 aliphatic heterocycles. The number of rotatable bonds is 4. The van der Waals surface area contributed by atoms with Crippen molar-refractivity contribution in [2.45, 2.75) is 13.0 Å². The van der Waals surface area contributed by atoms with Gasteiger partial charge in [0.15, 0.2) is 0 Å². The summed E-state index contributed by atoms with van der Waals surface area (Å²) in [7, 11) is 0. The van der Waals surface area contributed by atoms with Crippen molar-refractivity contribution >= 4 is 17.8 Å². The second-order valence-electron chi connectivity index (χ2n) is 3.33. The number of aromatic nitrogens is 1. The molecule has 17 heavy (non-hydrogen) atoms. The summed E-state index contributed by atoms with van der Waals surface area (Å²) >= 11 is 0. The highest BCUT2D eigenvalue weighted by Gasteiger charge is 2.14. The summed E-state index contributed by atoms with van der Waals surface area (Å²) < 4.78 is 0. The zero-order chi connectivity index (χ0) is 13.0. The largest absolute Gasteiger partial charge is 0.477 e. The number of pyridine rings is 1. The molecule has 0 saturated heterocycles. The first-order chi connectivity index (χ1) is 7.91. The van der Waals surface area contributed by atoms with Gasteiger partial charge in [0.05, 0.1) is 5.56 Å².